The number of fused-ring (bicyclic) bond motifs is 3. The summed E-state index contributed by atoms with van der Waals surface area (Å²) in [6.07, 6.45) is 0. The maximum atomic E-state index is 11.5. The van der Waals surface area contributed by atoms with Crippen LogP contribution in [0.2, 0.25) is 0 Å². The van der Waals surface area contributed by atoms with Crippen LogP contribution in [0.4, 0.5) is 0 Å². The van der Waals surface area contributed by atoms with Crippen LogP contribution >= 0.6 is 0 Å². The molecule has 0 bridgehead atoms. The lowest BCUT2D eigenvalue weighted by molar-refractivity contribution is 0.0563. The molecule has 0 aliphatic rings. The largest absolute Gasteiger partial charge is 0.504 e. The Morgan fingerprint density at radius 2 is 2.00 bits per heavy atom. The van der Waals surface area contributed by atoms with Crippen molar-refractivity contribution in [1.29, 1.82) is 0 Å². The number of hydrogen-bond donors (Lipinski definition) is 1. The second kappa shape index (κ2) is 3.77. The highest BCUT2D eigenvalue weighted by molar-refractivity contribution is 6.12. The van der Waals surface area contributed by atoms with Crippen LogP contribution in [-0.4, -0.2) is 18.2 Å². The van der Waals surface area contributed by atoms with Gasteiger partial charge < -0.3 is 14.3 Å². The van der Waals surface area contributed by atoms with Crippen molar-refractivity contribution in [3.8, 4) is 5.75 Å². The molecule has 0 atom stereocenters. The van der Waals surface area contributed by atoms with E-state index in [1.165, 1.54) is 7.11 Å². The maximum absolute atomic E-state index is 11.5. The van der Waals surface area contributed by atoms with Gasteiger partial charge in [0.15, 0.2) is 5.75 Å². The molecule has 0 spiro atoms. The highest BCUT2D eigenvalue weighted by Crippen LogP contribution is 2.37. The Morgan fingerprint density at radius 1 is 1.22 bits per heavy atom. The predicted molar refractivity (Wildman–Crippen MR) is 66.7 cm³/mol. The van der Waals surface area contributed by atoms with Crippen LogP contribution in [0, 0.1) is 0 Å². The lowest BCUT2D eigenvalue weighted by Crippen LogP contribution is -1.98. The molecule has 0 radical (unpaired) electrons. The molecule has 0 amide bonds. The van der Waals surface area contributed by atoms with Crippen LogP contribution < -0.4 is 0 Å². The highest BCUT2D eigenvalue weighted by Gasteiger charge is 2.22. The fraction of sp³-hybridized carbons (Fsp3) is 0.0714. The van der Waals surface area contributed by atoms with E-state index >= 15 is 0 Å². The normalized spacial score (nSPS) is 10.9. The van der Waals surface area contributed by atoms with Crippen molar-refractivity contribution >= 4 is 27.7 Å². The molecule has 0 aliphatic heterocycles. The zero-order valence-electron chi connectivity index (χ0n) is 9.64. The van der Waals surface area contributed by atoms with Gasteiger partial charge in [-0.05, 0) is 16.8 Å². The summed E-state index contributed by atoms with van der Waals surface area (Å²) in [7, 11) is 1.24. The van der Waals surface area contributed by atoms with Crippen LogP contribution in [0.25, 0.3) is 21.7 Å². The van der Waals surface area contributed by atoms with E-state index in [9.17, 15) is 9.90 Å². The Labute approximate surface area is 102 Å². The topological polar surface area (TPSA) is 59.7 Å². The minimum Gasteiger partial charge on any atom is -0.504 e. The van der Waals surface area contributed by atoms with Crippen molar-refractivity contribution in [1.82, 2.24) is 0 Å². The molecule has 1 aromatic heterocycles. The fourth-order valence-corrected chi connectivity index (χ4v) is 2.08. The first-order valence-corrected chi connectivity index (χ1v) is 5.44. The summed E-state index contributed by atoms with van der Waals surface area (Å²) in [5.74, 6) is -1.02. The van der Waals surface area contributed by atoms with E-state index in [0.29, 0.717) is 11.0 Å². The van der Waals surface area contributed by atoms with Gasteiger partial charge in [0.25, 0.3) is 5.76 Å². The average Bonchev–Trinajstić information content (AvgIpc) is 2.76. The lowest BCUT2D eigenvalue weighted by atomic mass is 10.1. The second-order valence-electron chi connectivity index (χ2n) is 3.93. The Hall–Kier alpha value is -2.49. The van der Waals surface area contributed by atoms with Gasteiger partial charge >= 0.3 is 5.97 Å². The van der Waals surface area contributed by atoms with Gasteiger partial charge in [-0.15, -0.1) is 0 Å². The number of benzene rings is 2. The average molecular weight is 242 g/mol. The third-order valence-electron chi connectivity index (χ3n) is 2.93. The molecule has 90 valence electrons. The van der Waals surface area contributed by atoms with Gasteiger partial charge in [-0.3, -0.25) is 0 Å². The minimum absolute atomic E-state index is 0.163. The number of furan rings is 1. The highest BCUT2D eigenvalue weighted by atomic mass is 16.5. The molecule has 4 heteroatoms. The monoisotopic (exact) mass is 242 g/mol. The van der Waals surface area contributed by atoms with Gasteiger partial charge in [-0.2, -0.15) is 0 Å². The number of aromatic hydroxyl groups is 1. The van der Waals surface area contributed by atoms with Crippen molar-refractivity contribution < 1.29 is 19.1 Å². The number of carbonyl (C=O) groups excluding carboxylic acids is 1. The fourth-order valence-electron chi connectivity index (χ4n) is 2.08. The second-order valence-corrected chi connectivity index (χ2v) is 3.93. The third-order valence-corrected chi connectivity index (χ3v) is 2.93. The van der Waals surface area contributed by atoms with E-state index in [4.69, 9.17) is 4.42 Å². The summed E-state index contributed by atoms with van der Waals surface area (Å²) in [6.45, 7) is 0. The van der Waals surface area contributed by atoms with E-state index in [0.717, 1.165) is 10.8 Å². The van der Waals surface area contributed by atoms with Crippen molar-refractivity contribution in [2.75, 3.05) is 7.11 Å². The van der Waals surface area contributed by atoms with Crippen LogP contribution in [0.15, 0.2) is 40.8 Å². The number of rotatable bonds is 1. The Bertz CT molecular complexity index is 755. The van der Waals surface area contributed by atoms with E-state index in [1.807, 2.05) is 30.3 Å². The minimum atomic E-state index is -0.687. The van der Waals surface area contributed by atoms with Gasteiger partial charge in [0.05, 0.1) is 12.5 Å². The first kappa shape index (κ1) is 10.7. The SMILES string of the molecule is COC(=O)c1oc2ccc3ccccc3c2c1O. The molecular weight excluding hydrogens is 232 g/mol. The zero-order valence-corrected chi connectivity index (χ0v) is 9.64. The lowest BCUT2D eigenvalue weighted by Gasteiger charge is -1.98. The van der Waals surface area contributed by atoms with E-state index in [2.05, 4.69) is 4.74 Å². The molecule has 18 heavy (non-hydrogen) atoms. The summed E-state index contributed by atoms with van der Waals surface area (Å²) < 4.78 is 9.90. The Morgan fingerprint density at radius 3 is 2.78 bits per heavy atom. The van der Waals surface area contributed by atoms with Gasteiger partial charge in [0.2, 0.25) is 0 Å². The van der Waals surface area contributed by atoms with E-state index in [1.54, 1.807) is 6.07 Å². The Kier molecular flexibility index (Phi) is 2.23. The number of carbonyl (C=O) groups is 1. The van der Waals surface area contributed by atoms with Gasteiger partial charge in [0, 0.05) is 0 Å². The van der Waals surface area contributed by atoms with Crippen molar-refractivity contribution in [3.05, 3.63) is 42.2 Å². The predicted octanol–water partition coefficient (Wildman–Crippen LogP) is 3.08. The van der Waals surface area contributed by atoms with Crippen LogP contribution in [0.1, 0.15) is 10.6 Å². The van der Waals surface area contributed by atoms with Crippen LogP contribution in [-0.2, 0) is 4.74 Å². The third kappa shape index (κ3) is 1.35. The number of esters is 1. The standard InChI is InChI=1S/C14H10O4/c1-17-14(16)13-12(15)11-9-5-3-2-4-8(9)6-7-10(11)18-13/h2-7,15H,1H3. The Balaban J connectivity index is 2.44. The van der Waals surface area contributed by atoms with Crippen LogP contribution in [0.3, 0.4) is 0 Å². The summed E-state index contributed by atoms with van der Waals surface area (Å²) in [4.78, 5) is 11.5. The first-order valence-electron chi connectivity index (χ1n) is 5.44. The smallest absolute Gasteiger partial charge is 0.377 e. The molecule has 0 unspecified atom stereocenters. The quantitative estimate of drug-likeness (QED) is 0.666. The molecule has 2 aromatic carbocycles. The number of hydrogen-bond acceptors (Lipinski definition) is 4. The van der Waals surface area contributed by atoms with E-state index < -0.39 is 5.97 Å². The van der Waals surface area contributed by atoms with Gasteiger partial charge in [-0.1, -0.05) is 30.3 Å². The molecule has 1 N–H and O–H groups in total. The van der Waals surface area contributed by atoms with Gasteiger partial charge in [-0.25, -0.2) is 4.79 Å². The maximum Gasteiger partial charge on any atom is 0.377 e. The van der Waals surface area contributed by atoms with Crippen LogP contribution in [0.5, 0.6) is 5.75 Å². The molecule has 3 rings (SSSR count). The van der Waals surface area contributed by atoms with Crippen molar-refractivity contribution in [2.45, 2.75) is 0 Å². The molecule has 0 saturated carbocycles. The molecule has 3 aromatic rings. The molecule has 0 saturated heterocycles. The molecule has 0 fully saturated rings. The summed E-state index contributed by atoms with van der Waals surface area (Å²) in [5.41, 5.74) is 0.464. The molecule has 0 aliphatic carbocycles. The molecular formula is C14H10O4. The molecule has 1 heterocycles. The van der Waals surface area contributed by atoms with Crippen molar-refractivity contribution in [2.24, 2.45) is 0 Å². The number of ether oxygens (including phenoxy) is 1. The van der Waals surface area contributed by atoms with E-state index in [-0.39, 0.29) is 11.5 Å². The molecule has 4 nitrogen and oxygen atoms in total. The van der Waals surface area contributed by atoms with Crippen molar-refractivity contribution in [3.63, 3.8) is 0 Å². The van der Waals surface area contributed by atoms with Gasteiger partial charge in [0.1, 0.15) is 5.58 Å². The first-order chi connectivity index (χ1) is 8.72. The summed E-state index contributed by atoms with van der Waals surface area (Å²) in [5, 5.41) is 12.4. The summed E-state index contributed by atoms with van der Waals surface area (Å²) >= 11 is 0. The number of methoxy groups -OCH3 is 1. The summed E-state index contributed by atoms with van der Waals surface area (Å²) in [6, 6.07) is 11.2. The zero-order chi connectivity index (χ0) is 12.7.